The minimum Gasteiger partial charge on any atom is -0.478 e. The Bertz CT molecular complexity index is 728. The third-order valence-corrected chi connectivity index (χ3v) is 2.90. The first-order chi connectivity index (χ1) is 11.1. The fraction of sp³-hybridized carbons (Fsp3) is 0.250. The Morgan fingerprint density at radius 1 is 1.42 bits per heavy atom. The van der Waals surface area contributed by atoms with Crippen LogP contribution >= 0.6 is 0 Å². The molecule has 0 saturated heterocycles. The number of pyridine rings is 1. The first-order valence-electron chi connectivity index (χ1n) is 6.16. The number of halogens is 3. The molecule has 2 aromatic heterocycles. The number of hydrogen-bond acceptors (Lipinski definition) is 6. The van der Waals surface area contributed by atoms with Crippen molar-refractivity contribution in [3.8, 4) is 0 Å². The molecule has 2 heterocycles. The maximum Gasteiger partial charge on any atom is 0.437 e. The Hall–Kier alpha value is -3.18. The SMILES string of the molecule is Cc1c(N)c(C(F)(F)F)nn1Cc1ccc(C(=O)O)cn1.O=NO. The van der Waals surface area contributed by atoms with E-state index in [1.165, 1.54) is 24.4 Å². The van der Waals surface area contributed by atoms with Crippen molar-refractivity contribution in [2.45, 2.75) is 19.6 Å². The van der Waals surface area contributed by atoms with Crippen LogP contribution in [0, 0.1) is 11.8 Å². The zero-order valence-electron chi connectivity index (χ0n) is 12.2. The van der Waals surface area contributed by atoms with Crippen LogP contribution in [0.2, 0.25) is 0 Å². The summed E-state index contributed by atoms with van der Waals surface area (Å²) in [5, 5.41) is 20.1. The summed E-state index contributed by atoms with van der Waals surface area (Å²) in [6.07, 6.45) is -3.49. The van der Waals surface area contributed by atoms with Crippen molar-refractivity contribution in [3.05, 3.63) is 45.9 Å². The highest BCUT2D eigenvalue weighted by Gasteiger charge is 2.37. The quantitative estimate of drug-likeness (QED) is 0.569. The minimum absolute atomic E-state index is 0.00793. The second kappa shape index (κ2) is 7.39. The predicted octanol–water partition coefficient (Wildman–Crippen LogP) is 2.08. The maximum atomic E-state index is 12.7. The van der Waals surface area contributed by atoms with Gasteiger partial charge in [0.2, 0.25) is 0 Å². The van der Waals surface area contributed by atoms with Gasteiger partial charge in [0, 0.05) is 6.20 Å². The lowest BCUT2D eigenvalue weighted by atomic mass is 10.2. The molecule has 2 rings (SSSR count). The number of nitrogens with two attached hydrogens (primary N) is 1. The molecule has 0 aliphatic carbocycles. The molecule has 0 bridgehead atoms. The summed E-state index contributed by atoms with van der Waals surface area (Å²) >= 11 is 0. The average Bonchev–Trinajstić information content (AvgIpc) is 2.77. The van der Waals surface area contributed by atoms with E-state index in [4.69, 9.17) is 21.0 Å². The third-order valence-electron chi connectivity index (χ3n) is 2.90. The fourth-order valence-corrected chi connectivity index (χ4v) is 1.72. The Kier molecular flexibility index (Phi) is 5.81. The molecule has 0 atom stereocenters. The lowest BCUT2D eigenvalue weighted by Gasteiger charge is -2.04. The fourth-order valence-electron chi connectivity index (χ4n) is 1.72. The molecule has 2 aromatic rings. The first-order valence-corrected chi connectivity index (χ1v) is 6.16. The number of carboxylic acid groups (broad SMARTS) is 1. The Balaban J connectivity index is 0.000000891. The molecule has 9 nitrogen and oxygen atoms in total. The minimum atomic E-state index is -4.62. The van der Waals surface area contributed by atoms with Gasteiger partial charge in [-0.25, -0.2) is 4.79 Å². The number of carbonyl (C=O) groups is 1. The lowest BCUT2D eigenvalue weighted by Crippen LogP contribution is -2.10. The number of anilines is 1. The molecule has 0 spiro atoms. The van der Waals surface area contributed by atoms with Gasteiger partial charge in [0.1, 0.15) is 0 Å². The van der Waals surface area contributed by atoms with Gasteiger partial charge in [0.25, 0.3) is 0 Å². The van der Waals surface area contributed by atoms with Gasteiger partial charge in [-0.2, -0.15) is 18.3 Å². The van der Waals surface area contributed by atoms with E-state index in [9.17, 15) is 18.0 Å². The van der Waals surface area contributed by atoms with Crippen molar-refractivity contribution >= 4 is 11.7 Å². The number of aromatic nitrogens is 3. The van der Waals surface area contributed by atoms with Crippen LogP contribution in [0.15, 0.2) is 23.7 Å². The molecule has 4 N–H and O–H groups in total. The van der Waals surface area contributed by atoms with E-state index in [1.54, 1.807) is 0 Å². The van der Waals surface area contributed by atoms with E-state index in [1.807, 2.05) is 0 Å². The maximum absolute atomic E-state index is 12.7. The molecule has 0 fully saturated rings. The normalized spacial score (nSPS) is 10.7. The van der Waals surface area contributed by atoms with E-state index in [-0.39, 0.29) is 17.8 Å². The van der Waals surface area contributed by atoms with Gasteiger partial charge in [-0.3, -0.25) is 9.67 Å². The van der Waals surface area contributed by atoms with E-state index in [0.717, 1.165) is 10.9 Å². The molecule has 0 radical (unpaired) electrons. The highest BCUT2D eigenvalue weighted by molar-refractivity contribution is 5.87. The highest BCUT2D eigenvalue weighted by atomic mass is 19.4. The van der Waals surface area contributed by atoms with Crippen molar-refractivity contribution in [2.75, 3.05) is 5.73 Å². The van der Waals surface area contributed by atoms with E-state index >= 15 is 0 Å². The standard InChI is InChI=1S/C12H11F3N4O2.HNO2/c1-6-9(16)10(12(13,14)15)18-19(6)5-8-3-2-7(4-17-8)11(20)21;2-1-3/h2-4H,5,16H2,1H3,(H,20,21);(H,2,3). The second-order valence-electron chi connectivity index (χ2n) is 4.43. The van der Waals surface area contributed by atoms with Crippen molar-refractivity contribution < 1.29 is 28.3 Å². The summed E-state index contributed by atoms with van der Waals surface area (Å²) in [6, 6.07) is 2.73. The van der Waals surface area contributed by atoms with Crippen LogP contribution in [0.5, 0.6) is 0 Å². The monoisotopic (exact) mass is 347 g/mol. The molecule has 0 aliphatic rings. The van der Waals surface area contributed by atoms with Crippen LogP contribution in [0.25, 0.3) is 0 Å². The molecule has 0 unspecified atom stereocenters. The van der Waals surface area contributed by atoms with Crippen LogP contribution in [-0.2, 0) is 12.7 Å². The summed E-state index contributed by atoms with van der Waals surface area (Å²) in [5.74, 6) is -1.13. The Morgan fingerprint density at radius 3 is 2.38 bits per heavy atom. The average molecular weight is 347 g/mol. The van der Waals surface area contributed by atoms with E-state index < -0.39 is 23.5 Å². The van der Waals surface area contributed by atoms with Gasteiger partial charge in [-0.05, 0) is 19.1 Å². The van der Waals surface area contributed by atoms with Crippen LogP contribution in [0.3, 0.4) is 0 Å². The number of hydrogen-bond donors (Lipinski definition) is 3. The summed E-state index contributed by atoms with van der Waals surface area (Å²) in [5.41, 5.74) is 4.38. The van der Waals surface area contributed by atoms with Crippen molar-refractivity contribution in [1.29, 1.82) is 0 Å². The van der Waals surface area contributed by atoms with Gasteiger partial charge < -0.3 is 16.0 Å². The van der Waals surface area contributed by atoms with Gasteiger partial charge >= 0.3 is 12.1 Å². The van der Waals surface area contributed by atoms with E-state index in [0.29, 0.717) is 5.69 Å². The predicted molar refractivity (Wildman–Crippen MR) is 74.3 cm³/mol. The third kappa shape index (κ3) is 4.41. The van der Waals surface area contributed by atoms with Gasteiger partial charge in [-0.1, -0.05) is 0 Å². The summed E-state index contributed by atoms with van der Waals surface area (Å²) in [6.45, 7) is 1.38. The topological polar surface area (TPSA) is 144 Å². The number of aromatic carboxylic acids is 1. The smallest absolute Gasteiger partial charge is 0.437 e. The second-order valence-corrected chi connectivity index (χ2v) is 4.43. The highest BCUT2D eigenvalue weighted by Crippen LogP contribution is 2.34. The van der Waals surface area contributed by atoms with Crippen molar-refractivity contribution in [1.82, 2.24) is 14.8 Å². The van der Waals surface area contributed by atoms with Crippen LogP contribution in [0.1, 0.15) is 27.4 Å². The molecule has 0 aliphatic heterocycles. The van der Waals surface area contributed by atoms with Crippen LogP contribution < -0.4 is 5.73 Å². The lowest BCUT2D eigenvalue weighted by molar-refractivity contribution is -0.140. The number of rotatable bonds is 3. The molecular weight excluding hydrogens is 335 g/mol. The zero-order valence-corrected chi connectivity index (χ0v) is 12.2. The van der Waals surface area contributed by atoms with Crippen LogP contribution in [-0.4, -0.2) is 31.0 Å². The molecule has 0 aromatic carbocycles. The molecular formula is C12H12F3N5O4. The van der Waals surface area contributed by atoms with E-state index in [2.05, 4.69) is 10.1 Å². The molecule has 24 heavy (non-hydrogen) atoms. The van der Waals surface area contributed by atoms with Gasteiger partial charge in [0.15, 0.2) is 11.0 Å². The summed E-state index contributed by atoms with van der Waals surface area (Å²) in [4.78, 5) is 22.7. The number of carboxylic acids is 1. The number of alkyl halides is 3. The van der Waals surface area contributed by atoms with Gasteiger partial charge in [0.05, 0.1) is 29.2 Å². The first kappa shape index (κ1) is 18.9. The van der Waals surface area contributed by atoms with Crippen molar-refractivity contribution in [3.63, 3.8) is 0 Å². The molecule has 0 saturated carbocycles. The van der Waals surface area contributed by atoms with Gasteiger partial charge in [-0.15, -0.1) is 4.91 Å². The summed E-state index contributed by atoms with van der Waals surface area (Å²) in [7, 11) is 0. The number of nitrogen functional groups attached to an aromatic ring is 1. The molecule has 130 valence electrons. The molecule has 12 heteroatoms. The zero-order chi connectivity index (χ0) is 18.5. The van der Waals surface area contributed by atoms with Crippen molar-refractivity contribution in [2.24, 2.45) is 5.34 Å². The largest absolute Gasteiger partial charge is 0.478 e. The number of nitrogens with zero attached hydrogens (tertiary/aromatic N) is 4. The Morgan fingerprint density at radius 2 is 2.00 bits per heavy atom. The Labute approximate surface area is 132 Å². The summed E-state index contributed by atoms with van der Waals surface area (Å²) < 4.78 is 39.1. The molecule has 0 amide bonds. The van der Waals surface area contributed by atoms with Crippen LogP contribution in [0.4, 0.5) is 18.9 Å².